The van der Waals surface area contributed by atoms with E-state index in [1.807, 2.05) is 30.3 Å². The van der Waals surface area contributed by atoms with Crippen molar-refractivity contribution in [3.8, 4) is 11.1 Å². The second-order valence-corrected chi connectivity index (χ2v) is 4.33. The fraction of sp³-hybridized carbons (Fsp3) is 0.0625. The highest BCUT2D eigenvalue weighted by molar-refractivity contribution is 5.99. The number of hydrogen-bond donors (Lipinski definition) is 1. The fourth-order valence-electron chi connectivity index (χ4n) is 1.75. The molecule has 0 saturated heterocycles. The van der Waals surface area contributed by atoms with Gasteiger partial charge in [-0.25, -0.2) is 0 Å². The largest absolute Gasteiger partial charge is 0.507 e. The summed E-state index contributed by atoms with van der Waals surface area (Å²) < 4.78 is 36.3. The number of alkyl halides is 3. The van der Waals surface area contributed by atoms with Crippen molar-refractivity contribution in [2.45, 2.75) is 6.18 Å². The number of ketones is 1. The number of aliphatic hydroxyl groups excluding tert-OH is 1. The highest BCUT2D eigenvalue weighted by Gasteiger charge is 2.36. The van der Waals surface area contributed by atoms with Gasteiger partial charge in [0.15, 0.2) is 0 Å². The van der Waals surface area contributed by atoms with Gasteiger partial charge in [-0.3, -0.25) is 4.79 Å². The van der Waals surface area contributed by atoms with Crippen molar-refractivity contribution in [1.82, 2.24) is 0 Å². The van der Waals surface area contributed by atoms with Crippen LogP contribution in [0.25, 0.3) is 16.9 Å². The third-order valence-electron chi connectivity index (χ3n) is 2.83. The number of halogens is 3. The molecule has 0 fully saturated rings. The predicted molar refractivity (Wildman–Crippen MR) is 73.5 cm³/mol. The molecule has 108 valence electrons. The van der Waals surface area contributed by atoms with Crippen molar-refractivity contribution >= 4 is 11.5 Å². The molecule has 0 saturated carbocycles. The number of carbonyl (C=O) groups is 1. The Bertz CT molecular complexity index is 656. The molecular formula is C16H11F3O2. The van der Waals surface area contributed by atoms with Crippen LogP contribution in [0.5, 0.6) is 0 Å². The molecule has 5 heteroatoms. The second-order valence-electron chi connectivity index (χ2n) is 4.33. The van der Waals surface area contributed by atoms with Gasteiger partial charge in [0.05, 0.1) is 0 Å². The van der Waals surface area contributed by atoms with Crippen LogP contribution < -0.4 is 0 Å². The summed E-state index contributed by atoms with van der Waals surface area (Å²) in [6.45, 7) is 0. The average Bonchev–Trinajstić information content (AvgIpc) is 2.47. The summed E-state index contributed by atoms with van der Waals surface area (Å²) in [4.78, 5) is 10.8. The third-order valence-corrected chi connectivity index (χ3v) is 2.83. The van der Waals surface area contributed by atoms with Gasteiger partial charge in [-0.1, -0.05) is 54.6 Å². The topological polar surface area (TPSA) is 37.3 Å². The second kappa shape index (κ2) is 5.83. The molecule has 0 amide bonds. The van der Waals surface area contributed by atoms with E-state index in [-0.39, 0.29) is 11.6 Å². The Morgan fingerprint density at radius 3 is 1.95 bits per heavy atom. The molecule has 0 bridgehead atoms. The molecule has 2 aromatic carbocycles. The average molecular weight is 292 g/mol. The minimum Gasteiger partial charge on any atom is -0.507 e. The van der Waals surface area contributed by atoms with Gasteiger partial charge in [0, 0.05) is 11.6 Å². The Hall–Kier alpha value is -2.56. The van der Waals surface area contributed by atoms with E-state index in [0.717, 1.165) is 11.1 Å². The van der Waals surface area contributed by atoms with Crippen LogP contribution in [-0.2, 0) is 4.79 Å². The molecule has 0 radical (unpaired) electrons. The van der Waals surface area contributed by atoms with Gasteiger partial charge in [0.1, 0.15) is 5.76 Å². The van der Waals surface area contributed by atoms with Gasteiger partial charge in [0.2, 0.25) is 0 Å². The number of carbonyl (C=O) groups excluding carboxylic acids is 1. The van der Waals surface area contributed by atoms with Crippen LogP contribution in [0.15, 0.2) is 60.7 Å². The molecule has 2 aromatic rings. The molecule has 0 aliphatic carbocycles. The lowest BCUT2D eigenvalue weighted by Crippen LogP contribution is -2.20. The normalized spacial score (nSPS) is 12.2. The summed E-state index contributed by atoms with van der Waals surface area (Å²) in [5, 5.41) is 9.56. The van der Waals surface area contributed by atoms with Crippen LogP contribution in [0.2, 0.25) is 0 Å². The van der Waals surface area contributed by atoms with Crippen molar-refractivity contribution in [2.75, 3.05) is 0 Å². The zero-order chi connectivity index (χ0) is 15.5. The maximum absolute atomic E-state index is 12.1. The minimum atomic E-state index is -4.99. The zero-order valence-corrected chi connectivity index (χ0v) is 10.8. The maximum Gasteiger partial charge on any atom is 0.454 e. The summed E-state index contributed by atoms with van der Waals surface area (Å²) in [6.07, 6.45) is -4.81. The summed E-state index contributed by atoms with van der Waals surface area (Å²) in [5.41, 5.74) is 1.94. The van der Waals surface area contributed by atoms with Gasteiger partial charge >= 0.3 is 6.18 Å². The van der Waals surface area contributed by atoms with Crippen LogP contribution in [-0.4, -0.2) is 17.1 Å². The van der Waals surface area contributed by atoms with Crippen LogP contribution >= 0.6 is 0 Å². The first-order valence-electron chi connectivity index (χ1n) is 6.05. The number of aliphatic hydroxyl groups is 1. The van der Waals surface area contributed by atoms with Crippen molar-refractivity contribution in [2.24, 2.45) is 0 Å². The molecule has 0 atom stereocenters. The summed E-state index contributed by atoms with van der Waals surface area (Å²) >= 11 is 0. The van der Waals surface area contributed by atoms with E-state index in [1.54, 1.807) is 12.1 Å². The molecule has 0 spiro atoms. The number of benzene rings is 2. The van der Waals surface area contributed by atoms with E-state index >= 15 is 0 Å². The van der Waals surface area contributed by atoms with E-state index in [2.05, 4.69) is 0 Å². The predicted octanol–water partition coefficient (Wildman–Crippen LogP) is 4.38. The number of rotatable bonds is 3. The Labute approximate surface area is 119 Å². The Morgan fingerprint density at radius 2 is 1.43 bits per heavy atom. The van der Waals surface area contributed by atoms with Crippen molar-refractivity contribution < 1.29 is 23.1 Å². The Morgan fingerprint density at radius 1 is 0.905 bits per heavy atom. The lowest BCUT2D eigenvalue weighted by molar-refractivity contribution is -0.165. The molecule has 0 aromatic heterocycles. The highest BCUT2D eigenvalue weighted by atomic mass is 19.4. The molecule has 0 aliphatic heterocycles. The lowest BCUT2D eigenvalue weighted by Gasteiger charge is -2.05. The minimum absolute atomic E-state index is 0.146. The van der Waals surface area contributed by atoms with Crippen LogP contribution in [0, 0.1) is 0 Å². The molecular weight excluding hydrogens is 281 g/mol. The number of hydrogen-bond acceptors (Lipinski definition) is 2. The Balaban J connectivity index is 2.23. The molecule has 0 heterocycles. The monoisotopic (exact) mass is 292 g/mol. The quantitative estimate of drug-likeness (QED) is 0.673. The molecule has 1 N–H and O–H groups in total. The van der Waals surface area contributed by atoms with E-state index in [1.165, 1.54) is 12.1 Å². The SMILES string of the molecule is O=C(/C=C(\O)c1ccc(-c2ccccc2)cc1)C(F)(F)F. The first kappa shape index (κ1) is 14.8. The number of allylic oxidation sites excluding steroid dienone is 1. The van der Waals surface area contributed by atoms with Gasteiger partial charge in [0.25, 0.3) is 5.78 Å². The van der Waals surface area contributed by atoms with Gasteiger partial charge in [-0.2, -0.15) is 13.2 Å². The van der Waals surface area contributed by atoms with Crippen LogP contribution in [0.1, 0.15) is 5.56 Å². The van der Waals surface area contributed by atoms with Crippen molar-refractivity contribution in [3.05, 3.63) is 66.2 Å². The maximum atomic E-state index is 12.1. The Kier molecular flexibility index (Phi) is 4.12. The summed E-state index contributed by atoms with van der Waals surface area (Å²) in [5.74, 6) is -2.80. The standard InChI is InChI=1S/C16H11F3O2/c17-16(18,19)15(21)10-14(20)13-8-6-12(7-9-13)11-4-2-1-3-5-11/h1-10,20H/b14-10-. The molecule has 2 rings (SSSR count). The molecule has 21 heavy (non-hydrogen) atoms. The summed E-state index contributed by atoms with van der Waals surface area (Å²) in [7, 11) is 0. The molecule has 0 aliphatic rings. The van der Waals surface area contributed by atoms with E-state index < -0.39 is 17.7 Å². The lowest BCUT2D eigenvalue weighted by atomic mass is 10.0. The van der Waals surface area contributed by atoms with Crippen molar-refractivity contribution in [3.63, 3.8) is 0 Å². The van der Waals surface area contributed by atoms with E-state index in [9.17, 15) is 23.1 Å². The highest BCUT2D eigenvalue weighted by Crippen LogP contribution is 2.23. The van der Waals surface area contributed by atoms with E-state index in [4.69, 9.17) is 0 Å². The first-order valence-corrected chi connectivity index (χ1v) is 6.05. The van der Waals surface area contributed by atoms with Gasteiger partial charge in [-0.05, 0) is 11.1 Å². The first-order chi connectivity index (χ1) is 9.88. The van der Waals surface area contributed by atoms with Gasteiger partial charge < -0.3 is 5.11 Å². The molecule has 2 nitrogen and oxygen atoms in total. The van der Waals surface area contributed by atoms with E-state index in [0.29, 0.717) is 0 Å². The smallest absolute Gasteiger partial charge is 0.454 e. The summed E-state index contributed by atoms with van der Waals surface area (Å²) in [6, 6.07) is 15.6. The van der Waals surface area contributed by atoms with Crippen molar-refractivity contribution in [1.29, 1.82) is 0 Å². The zero-order valence-electron chi connectivity index (χ0n) is 10.8. The fourth-order valence-corrected chi connectivity index (χ4v) is 1.75. The van der Waals surface area contributed by atoms with Crippen LogP contribution in [0.4, 0.5) is 13.2 Å². The molecule has 0 unspecified atom stereocenters. The van der Waals surface area contributed by atoms with Crippen LogP contribution in [0.3, 0.4) is 0 Å². The van der Waals surface area contributed by atoms with Gasteiger partial charge in [-0.15, -0.1) is 0 Å². The third kappa shape index (κ3) is 3.72.